The molecule has 0 aliphatic heterocycles. The second-order valence-electron chi connectivity index (χ2n) is 4.16. The van der Waals surface area contributed by atoms with Crippen LogP contribution in [0.3, 0.4) is 0 Å². The summed E-state index contributed by atoms with van der Waals surface area (Å²) in [6.07, 6.45) is 7.63. The van der Waals surface area contributed by atoms with E-state index in [9.17, 15) is 4.79 Å². The first-order valence-corrected chi connectivity index (χ1v) is 5.95. The van der Waals surface area contributed by atoms with Crippen LogP contribution in [0.15, 0.2) is 0 Å². The molecule has 0 unspecified atom stereocenters. The quantitative estimate of drug-likeness (QED) is 0.588. The molecule has 0 N–H and O–H groups in total. The predicted molar refractivity (Wildman–Crippen MR) is 57.3 cm³/mol. The van der Waals surface area contributed by atoms with Crippen molar-refractivity contribution in [3.8, 4) is 0 Å². The Morgan fingerprint density at radius 3 is 2.64 bits per heavy atom. The Morgan fingerprint density at radius 2 is 2.00 bits per heavy atom. The van der Waals surface area contributed by atoms with Crippen LogP contribution in [0.5, 0.6) is 0 Å². The number of carbonyl (C=O) groups excluding carboxylic acids is 1. The Kier molecular flexibility index (Phi) is 5.85. The molecule has 0 heterocycles. The molecule has 0 aromatic heterocycles. The molecule has 0 aromatic rings. The van der Waals surface area contributed by atoms with Crippen LogP contribution in [0.2, 0.25) is 0 Å². The van der Waals surface area contributed by atoms with Crippen molar-refractivity contribution in [1.29, 1.82) is 0 Å². The zero-order valence-corrected chi connectivity index (χ0v) is 9.26. The van der Waals surface area contributed by atoms with Crippen LogP contribution in [0.25, 0.3) is 0 Å². The Balaban J connectivity index is 1.97. The number of Topliss-reactive ketones (excluding diaryl/α,β-unsaturated/α-hetero) is 1. The smallest absolute Gasteiger partial charge is 0.138 e. The Labute approximate surface area is 87.0 Å². The third-order valence-electron chi connectivity index (χ3n) is 2.95. The van der Waals surface area contributed by atoms with Gasteiger partial charge in [-0.1, -0.05) is 26.2 Å². The van der Waals surface area contributed by atoms with Gasteiger partial charge in [-0.2, -0.15) is 0 Å². The zero-order chi connectivity index (χ0) is 10.2. The van der Waals surface area contributed by atoms with Crippen molar-refractivity contribution in [3.05, 3.63) is 0 Å². The lowest BCUT2D eigenvalue weighted by Gasteiger charge is -2.07. The van der Waals surface area contributed by atoms with Gasteiger partial charge in [0.15, 0.2) is 0 Å². The monoisotopic (exact) mass is 198 g/mol. The van der Waals surface area contributed by atoms with E-state index in [2.05, 4.69) is 6.92 Å². The molecule has 1 aliphatic carbocycles. The molecule has 1 fully saturated rings. The molecule has 1 aliphatic rings. The van der Waals surface area contributed by atoms with Crippen molar-refractivity contribution in [2.24, 2.45) is 5.92 Å². The topological polar surface area (TPSA) is 26.3 Å². The van der Waals surface area contributed by atoms with Crippen molar-refractivity contribution >= 4 is 5.78 Å². The third-order valence-corrected chi connectivity index (χ3v) is 2.95. The number of carbonyl (C=O) groups is 1. The summed E-state index contributed by atoms with van der Waals surface area (Å²) in [6.45, 7) is 3.59. The summed E-state index contributed by atoms with van der Waals surface area (Å²) in [5.41, 5.74) is 0. The first-order chi connectivity index (χ1) is 6.84. The Hall–Kier alpha value is -0.370. The zero-order valence-electron chi connectivity index (χ0n) is 9.26. The number of ether oxygens (including phenoxy) is 1. The van der Waals surface area contributed by atoms with Gasteiger partial charge in [-0.3, -0.25) is 4.79 Å². The molecule has 14 heavy (non-hydrogen) atoms. The lowest BCUT2D eigenvalue weighted by Crippen LogP contribution is -2.13. The second-order valence-corrected chi connectivity index (χ2v) is 4.16. The van der Waals surface area contributed by atoms with Crippen LogP contribution >= 0.6 is 0 Å². The van der Waals surface area contributed by atoms with Gasteiger partial charge in [-0.15, -0.1) is 0 Å². The summed E-state index contributed by atoms with van der Waals surface area (Å²) in [5, 5.41) is 0. The van der Waals surface area contributed by atoms with E-state index < -0.39 is 0 Å². The highest BCUT2D eigenvalue weighted by Gasteiger charge is 2.21. The number of unbranched alkanes of at least 4 members (excludes halogenated alkanes) is 1. The minimum atomic E-state index is 0.366. The fraction of sp³-hybridized carbons (Fsp3) is 0.917. The first-order valence-electron chi connectivity index (χ1n) is 5.95. The van der Waals surface area contributed by atoms with Crippen LogP contribution in [-0.4, -0.2) is 19.0 Å². The van der Waals surface area contributed by atoms with Gasteiger partial charge in [-0.05, 0) is 19.3 Å². The maximum atomic E-state index is 11.6. The van der Waals surface area contributed by atoms with Crippen LogP contribution < -0.4 is 0 Å². The summed E-state index contributed by atoms with van der Waals surface area (Å²) in [6, 6.07) is 0. The van der Waals surface area contributed by atoms with Gasteiger partial charge in [0.2, 0.25) is 0 Å². The number of ketones is 1. The second kappa shape index (κ2) is 6.99. The first kappa shape index (κ1) is 11.7. The minimum Gasteiger partial charge on any atom is -0.381 e. The largest absolute Gasteiger partial charge is 0.381 e. The van der Waals surface area contributed by atoms with Gasteiger partial charge in [0, 0.05) is 18.9 Å². The lowest BCUT2D eigenvalue weighted by atomic mass is 10.0. The molecule has 0 aromatic carbocycles. The van der Waals surface area contributed by atoms with Crippen LogP contribution in [0, 0.1) is 5.92 Å². The van der Waals surface area contributed by atoms with Crippen molar-refractivity contribution in [3.63, 3.8) is 0 Å². The predicted octanol–water partition coefficient (Wildman–Crippen LogP) is 2.95. The molecule has 0 bridgehead atoms. The van der Waals surface area contributed by atoms with Gasteiger partial charge >= 0.3 is 0 Å². The van der Waals surface area contributed by atoms with Crippen LogP contribution in [0.1, 0.15) is 51.9 Å². The molecule has 1 saturated carbocycles. The Morgan fingerprint density at radius 1 is 1.29 bits per heavy atom. The molecular formula is C12H22O2. The standard InChI is InChI=1S/C12H22O2/c1-2-3-9-14-10-8-12(13)11-6-4-5-7-11/h11H,2-10H2,1H3. The minimum absolute atomic E-state index is 0.366. The van der Waals surface area contributed by atoms with E-state index in [4.69, 9.17) is 4.74 Å². The maximum absolute atomic E-state index is 11.6. The summed E-state index contributed by atoms with van der Waals surface area (Å²) >= 11 is 0. The van der Waals surface area contributed by atoms with E-state index >= 15 is 0 Å². The molecule has 0 radical (unpaired) electrons. The summed E-state index contributed by atoms with van der Waals surface area (Å²) in [5.74, 6) is 0.795. The van der Waals surface area contributed by atoms with Gasteiger partial charge in [0.05, 0.1) is 6.61 Å². The Bertz CT molecular complexity index is 160. The van der Waals surface area contributed by atoms with Gasteiger partial charge in [0.1, 0.15) is 5.78 Å². The number of rotatable bonds is 7. The average molecular weight is 198 g/mol. The third kappa shape index (κ3) is 4.23. The van der Waals surface area contributed by atoms with E-state index in [0.717, 1.165) is 32.3 Å². The molecule has 0 atom stereocenters. The van der Waals surface area contributed by atoms with Crippen molar-refractivity contribution in [1.82, 2.24) is 0 Å². The molecule has 2 nitrogen and oxygen atoms in total. The maximum Gasteiger partial charge on any atom is 0.138 e. The average Bonchev–Trinajstić information content (AvgIpc) is 2.70. The molecule has 0 spiro atoms. The van der Waals surface area contributed by atoms with Crippen LogP contribution in [-0.2, 0) is 9.53 Å². The fourth-order valence-electron chi connectivity index (χ4n) is 1.97. The van der Waals surface area contributed by atoms with E-state index in [-0.39, 0.29) is 0 Å². The van der Waals surface area contributed by atoms with Gasteiger partial charge in [0.25, 0.3) is 0 Å². The van der Waals surface area contributed by atoms with Gasteiger partial charge in [-0.25, -0.2) is 0 Å². The van der Waals surface area contributed by atoms with Crippen LogP contribution in [0.4, 0.5) is 0 Å². The molecule has 1 rings (SSSR count). The highest BCUT2D eigenvalue weighted by Crippen LogP contribution is 2.26. The summed E-state index contributed by atoms with van der Waals surface area (Å²) in [4.78, 5) is 11.6. The number of hydrogen-bond acceptors (Lipinski definition) is 2. The molecule has 0 amide bonds. The highest BCUT2D eigenvalue weighted by molar-refractivity contribution is 5.81. The van der Waals surface area contributed by atoms with Gasteiger partial charge < -0.3 is 4.74 Å². The molecule has 82 valence electrons. The van der Waals surface area contributed by atoms with Crippen molar-refractivity contribution < 1.29 is 9.53 Å². The summed E-state index contributed by atoms with van der Waals surface area (Å²) in [7, 11) is 0. The van der Waals surface area contributed by atoms with E-state index in [1.165, 1.54) is 12.8 Å². The van der Waals surface area contributed by atoms with Crippen molar-refractivity contribution in [2.45, 2.75) is 51.9 Å². The number of hydrogen-bond donors (Lipinski definition) is 0. The molecule has 0 saturated heterocycles. The molecular weight excluding hydrogens is 176 g/mol. The lowest BCUT2D eigenvalue weighted by molar-refractivity contribution is -0.123. The SMILES string of the molecule is CCCCOCCC(=O)C1CCCC1. The van der Waals surface area contributed by atoms with E-state index in [1.807, 2.05) is 0 Å². The van der Waals surface area contributed by atoms with E-state index in [0.29, 0.717) is 24.7 Å². The highest BCUT2D eigenvalue weighted by atomic mass is 16.5. The normalized spacial score (nSPS) is 17.5. The van der Waals surface area contributed by atoms with Crippen molar-refractivity contribution in [2.75, 3.05) is 13.2 Å². The fourth-order valence-corrected chi connectivity index (χ4v) is 1.97. The summed E-state index contributed by atoms with van der Waals surface area (Å²) < 4.78 is 5.38. The van der Waals surface area contributed by atoms with E-state index in [1.54, 1.807) is 0 Å². The molecule has 2 heteroatoms.